The van der Waals surface area contributed by atoms with Gasteiger partial charge in [0, 0.05) is 26.2 Å². The number of furan rings is 1. The van der Waals surface area contributed by atoms with Crippen molar-refractivity contribution < 1.29 is 13.5 Å². The summed E-state index contributed by atoms with van der Waals surface area (Å²) in [4.78, 5) is 6.89. The molecule has 0 bridgehead atoms. The Morgan fingerprint density at radius 2 is 2.04 bits per heavy atom. The predicted molar refractivity (Wildman–Crippen MR) is 118 cm³/mol. The highest BCUT2D eigenvalue weighted by Gasteiger charge is 2.23. The molecule has 0 spiro atoms. The Kier molecular flexibility index (Phi) is 9.72. The van der Waals surface area contributed by atoms with E-state index in [4.69, 9.17) is 9.15 Å². The maximum Gasteiger partial charge on any atom is 0.191 e. The number of halogens is 2. The average Bonchev–Trinajstić information content (AvgIpc) is 3.21. The number of nitrogens with zero attached hydrogens (tertiary/aromatic N) is 2. The first-order valence-corrected chi connectivity index (χ1v) is 9.38. The summed E-state index contributed by atoms with van der Waals surface area (Å²) >= 11 is 0. The third-order valence-corrected chi connectivity index (χ3v) is 4.50. The molecule has 1 saturated heterocycles. The van der Waals surface area contributed by atoms with Crippen LogP contribution in [-0.2, 0) is 11.3 Å². The second-order valence-corrected chi connectivity index (χ2v) is 6.37. The number of guanidine groups is 1. The SMILES string of the molecule is CCNC(=NCc1ccco1)NCC(c1cccc(F)c1)N1CCOCC1.I. The molecule has 2 aromatic rings. The Hall–Kier alpha value is -1.65. The van der Waals surface area contributed by atoms with Crippen molar-refractivity contribution in [2.24, 2.45) is 4.99 Å². The van der Waals surface area contributed by atoms with Gasteiger partial charge < -0.3 is 19.8 Å². The Morgan fingerprint density at radius 1 is 1.21 bits per heavy atom. The van der Waals surface area contributed by atoms with Gasteiger partial charge in [-0.25, -0.2) is 9.38 Å². The van der Waals surface area contributed by atoms with E-state index in [1.54, 1.807) is 18.4 Å². The maximum atomic E-state index is 13.8. The fraction of sp³-hybridized carbons (Fsp3) is 0.450. The highest BCUT2D eigenvalue weighted by molar-refractivity contribution is 14.0. The van der Waals surface area contributed by atoms with E-state index >= 15 is 0 Å². The lowest BCUT2D eigenvalue weighted by Crippen LogP contribution is -2.46. The number of hydrogen-bond donors (Lipinski definition) is 2. The molecule has 1 aliphatic rings. The largest absolute Gasteiger partial charge is 0.467 e. The van der Waals surface area contributed by atoms with Crippen molar-refractivity contribution in [3.63, 3.8) is 0 Å². The molecule has 1 atom stereocenters. The Labute approximate surface area is 182 Å². The molecule has 3 rings (SSSR count). The standard InChI is InChI=1S/C20H27FN4O2.HI/c1-2-22-20(23-14-18-7-4-10-27-18)24-15-19(25-8-11-26-12-9-25)16-5-3-6-17(21)13-16;/h3-7,10,13,19H,2,8-9,11-12,14-15H2,1H3,(H2,22,23,24);1H. The Bertz CT molecular complexity index is 721. The molecular weight excluding hydrogens is 474 g/mol. The zero-order valence-corrected chi connectivity index (χ0v) is 18.4. The minimum Gasteiger partial charge on any atom is -0.467 e. The van der Waals surface area contributed by atoms with E-state index in [0.717, 1.165) is 31.0 Å². The van der Waals surface area contributed by atoms with Crippen LogP contribution in [0.15, 0.2) is 52.1 Å². The smallest absolute Gasteiger partial charge is 0.191 e. The second kappa shape index (κ2) is 12.0. The lowest BCUT2D eigenvalue weighted by Gasteiger charge is -2.35. The fourth-order valence-corrected chi connectivity index (χ4v) is 3.16. The summed E-state index contributed by atoms with van der Waals surface area (Å²) in [5, 5.41) is 6.64. The molecule has 154 valence electrons. The van der Waals surface area contributed by atoms with Gasteiger partial charge in [0.25, 0.3) is 0 Å². The van der Waals surface area contributed by atoms with E-state index in [-0.39, 0.29) is 35.8 Å². The third-order valence-electron chi connectivity index (χ3n) is 4.50. The van der Waals surface area contributed by atoms with Crippen LogP contribution in [0.4, 0.5) is 4.39 Å². The van der Waals surface area contributed by atoms with E-state index < -0.39 is 0 Å². The first-order chi connectivity index (χ1) is 13.3. The molecule has 1 unspecified atom stereocenters. The highest BCUT2D eigenvalue weighted by atomic mass is 127. The van der Waals surface area contributed by atoms with Crippen molar-refractivity contribution in [2.75, 3.05) is 39.4 Å². The molecule has 0 aliphatic carbocycles. The molecule has 2 heterocycles. The van der Waals surface area contributed by atoms with Crippen molar-refractivity contribution in [1.82, 2.24) is 15.5 Å². The number of aliphatic imine (C=N–C) groups is 1. The van der Waals surface area contributed by atoms with Crippen molar-refractivity contribution in [1.29, 1.82) is 0 Å². The molecule has 2 N–H and O–H groups in total. The average molecular weight is 502 g/mol. The van der Waals surface area contributed by atoms with Crippen molar-refractivity contribution in [3.8, 4) is 0 Å². The number of nitrogens with one attached hydrogen (secondary N) is 2. The number of benzene rings is 1. The fourth-order valence-electron chi connectivity index (χ4n) is 3.16. The van der Waals surface area contributed by atoms with E-state index in [1.807, 2.05) is 25.1 Å². The first-order valence-electron chi connectivity index (χ1n) is 9.38. The monoisotopic (exact) mass is 502 g/mol. The molecule has 0 amide bonds. The number of ether oxygens (including phenoxy) is 1. The van der Waals surface area contributed by atoms with Crippen LogP contribution in [-0.4, -0.2) is 50.3 Å². The first kappa shape index (κ1) is 22.6. The lowest BCUT2D eigenvalue weighted by molar-refractivity contribution is 0.0169. The summed E-state index contributed by atoms with van der Waals surface area (Å²) in [5.41, 5.74) is 0.950. The van der Waals surface area contributed by atoms with Crippen molar-refractivity contribution >= 4 is 29.9 Å². The molecule has 28 heavy (non-hydrogen) atoms. The van der Waals surface area contributed by atoms with Crippen molar-refractivity contribution in [2.45, 2.75) is 19.5 Å². The molecule has 8 heteroatoms. The molecular formula is C20H28FIN4O2. The number of rotatable bonds is 7. The van der Waals surface area contributed by atoms with Gasteiger partial charge in [-0.3, -0.25) is 4.90 Å². The van der Waals surface area contributed by atoms with Gasteiger partial charge in [-0.15, -0.1) is 24.0 Å². The van der Waals surface area contributed by atoms with Gasteiger partial charge in [0.05, 0.1) is 25.5 Å². The Balaban J connectivity index is 0.00000280. The van der Waals surface area contributed by atoms with Gasteiger partial charge in [-0.1, -0.05) is 12.1 Å². The Morgan fingerprint density at radius 3 is 2.71 bits per heavy atom. The van der Waals surface area contributed by atoms with Gasteiger partial charge in [0.15, 0.2) is 5.96 Å². The summed E-state index contributed by atoms with van der Waals surface area (Å²) < 4.78 is 24.6. The van der Waals surface area contributed by atoms with E-state index in [1.165, 1.54) is 6.07 Å². The minimum absolute atomic E-state index is 0. The van der Waals surface area contributed by atoms with Crippen LogP contribution in [0.1, 0.15) is 24.3 Å². The zero-order chi connectivity index (χ0) is 18.9. The molecule has 0 radical (unpaired) electrons. The molecule has 1 aromatic heterocycles. The minimum atomic E-state index is -0.218. The maximum absolute atomic E-state index is 13.8. The summed E-state index contributed by atoms with van der Waals surface area (Å²) in [5.74, 6) is 1.30. The molecule has 0 saturated carbocycles. The normalized spacial score (nSPS) is 16.3. The van der Waals surface area contributed by atoms with Crippen LogP contribution < -0.4 is 10.6 Å². The molecule has 1 fully saturated rings. The van der Waals surface area contributed by atoms with Crippen LogP contribution in [0.3, 0.4) is 0 Å². The summed E-state index contributed by atoms with van der Waals surface area (Å²) in [6.07, 6.45) is 1.64. The van der Waals surface area contributed by atoms with E-state index in [9.17, 15) is 4.39 Å². The van der Waals surface area contributed by atoms with Gasteiger partial charge in [0.1, 0.15) is 18.1 Å². The number of morpholine rings is 1. The van der Waals surface area contributed by atoms with Gasteiger partial charge in [-0.05, 0) is 36.8 Å². The quantitative estimate of drug-likeness (QED) is 0.346. The number of hydrogen-bond acceptors (Lipinski definition) is 4. The van der Waals surface area contributed by atoms with Crippen LogP contribution in [0.5, 0.6) is 0 Å². The van der Waals surface area contributed by atoms with Gasteiger partial charge in [0.2, 0.25) is 0 Å². The third kappa shape index (κ3) is 6.75. The second-order valence-electron chi connectivity index (χ2n) is 6.37. The van der Waals surface area contributed by atoms with Crippen LogP contribution in [0.25, 0.3) is 0 Å². The lowest BCUT2D eigenvalue weighted by atomic mass is 10.0. The molecule has 1 aromatic carbocycles. The van der Waals surface area contributed by atoms with Crippen LogP contribution in [0, 0.1) is 5.82 Å². The molecule has 1 aliphatic heterocycles. The highest BCUT2D eigenvalue weighted by Crippen LogP contribution is 2.22. The summed E-state index contributed by atoms with van der Waals surface area (Å²) in [7, 11) is 0. The van der Waals surface area contributed by atoms with E-state index in [0.29, 0.717) is 32.3 Å². The van der Waals surface area contributed by atoms with Gasteiger partial charge in [-0.2, -0.15) is 0 Å². The summed E-state index contributed by atoms with van der Waals surface area (Å²) in [6, 6.07) is 10.6. The topological polar surface area (TPSA) is 62.0 Å². The van der Waals surface area contributed by atoms with Crippen LogP contribution in [0.2, 0.25) is 0 Å². The van der Waals surface area contributed by atoms with Gasteiger partial charge >= 0.3 is 0 Å². The molecule has 6 nitrogen and oxygen atoms in total. The zero-order valence-electron chi connectivity index (χ0n) is 16.1. The van der Waals surface area contributed by atoms with Crippen molar-refractivity contribution in [3.05, 3.63) is 59.8 Å². The predicted octanol–water partition coefficient (Wildman–Crippen LogP) is 3.17. The summed E-state index contributed by atoms with van der Waals surface area (Å²) in [6.45, 7) is 6.89. The van der Waals surface area contributed by atoms with Crippen LogP contribution >= 0.6 is 24.0 Å². The van der Waals surface area contributed by atoms with E-state index in [2.05, 4.69) is 20.5 Å².